The zero-order valence-electron chi connectivity index (χ0n) is 17.2. The summed E-state index contributed by atoms with van der Waals surface area (Å²) < 4.78 is 0. The molecule has 1 aromatic heterocycles. The van der Waals surface area contributed by atoms with Crippen molar-refractivity contribution in [2.45, 2.75) is 52.7 Å². The number of thiophene rings is 1. The number of rotatable bonds is 8. The number of halogens is 1. The first-order valence-electron chi connectivity index (χ1n) is 10.1. The molecule has 1 fully saturated rings. The van der Waals surface area contributed by atoms with E-state index in [-0.39, 0.29) is 29.9 Å². The standard InChI is InChI=1S/C22H30N4OS.HI/c1-3-19-11-12-20(28-19)15-25-22(23-4-2)24-14-17-7-9-18(10-8-17)16-26-13-5-6-21(26)27;/h7-12H,3-6,13-16H2,1-2H3,(H2,23,24,25);1H. The van der Waals surface area contributed by atoms with Crippen LogP contribution in [0.3, 0.4) is 0 Å². The molecule has 1 amide bonds. The van der Waals surface area contributed by atoms with Crippen LogP contribution in [0, 0.1) is 0 Å². The normalized spacial score (nSPS) is 14.1. The maximum atomic E-state index is 11.8. The van der Waals surface area contributed by atoms with Crippen molar-refractivity contribution < 1.29 is 4.79 Å². The third-order valence-electron chi connectivity index (χ3n) is 4.83. The minimum Gasteiger partial charge on any atom is -0.357 e. The molecule has 0 unspecified atom stereocenters. The molecule has 0 bridgehead atoms. The zero-order chi connectivity index (χ0) is 19.8. The van der Waals surface area contributed by atoms with Gasteiger partial charge in [0.05, 0.1) is 13.1 Å². The summed E-state index contributed by atoms with van der Waals surface area (Å²) in [5.74, 6) is 1.10. The van der Waals surface area contributed by atoms with Crippen molar-refractivity contribution in [2.24, 2.45) is 4.99 Å². The van der Waals surface area contributed by atoms with Gasteiger partial charge in [-0.2, -0.15) is 0 Å². The number of nitrogens with one attached hydrogen (secondary N) is 2. The molecular formula is C22H31IN4OS. The van der Waals surface area contributed by atoms with E-state index in [0.29, 0.717) is 19.5 Å². The Morgan fingerprint density at radius 3 is 2.41 bits per heavy atom. The second-order valence-corrected chi connectivity index (χ2v) is 8.26. The number of nitrogens with zero attached hydrogens (tertiary/aromatic N) is 2. The fraction of sp³-hybridized carbons (Fsp3) is 0.455. The molecule has 158 valence electrons. The van der Waals surface area contributed by atoms with Crippen LogP contribution in [0.5, 0.6) is 0 Å². The Morgan fingerprint density at radius 2 is 1.79 bits per heavy atom. The SMILES string of the molecule is CCNC(=NCc1ccc(CN2CCCC2=O)cc1)NCc1ccc(CC)s1.I. The van der Waals surface area contributed by atoms with Crippen LogP contribution < -0.4 is 10.6 Å². The Balaban J connectivity index is 0.00000300. The van der Waals surface area contributed by atoms with Crippen LogP contribution in [-0.2, 0) is 30.8 Å². The summed E-state index contributed by atoms with van der Waals surface area (Å²) in [6.45, 7) is 8.11. The average molecular weight is 526 g/mol. The van der Waals surface area contributed by atoms with Gasteiger partial charge in [0.1, 0.15) is 0 Å². The van der Waals surface area contributed by atoms with E-state index in [0.717, 1.165) is 44.0 Å². The Morgan fingerprint density at radius 1 is 1.07 bits per heavy atom. The van der Waals surface area contributed by atoms with Crippen LogP contribution in [0.15, 0.2) is 41.4 Å². The second kappa shape index (κ2) is 12.2. The van der Waals surface area contributed by atoms with E-state index in [2.05, 4.69) is 60.9 Å². The fourth-order valence-electron chi connectivity index (χ4n) is 3.23. The number of likely N-dealkylation sites (tertiary alicyclic amines) is 1. The Kier molecular flexibility index (Phi) is 9.93. The predicted molar refractivity (Wildman–Crippen MR) is 132 cm³/mol. The van der Waals surface area contributed by atoms with E-state index in [1.165, 1.54) is 15.3 Å². The fourth-order valence-corrected chi connectivity index (χ4v) is 4.13. The van der Waals surface area contributed by atoms with Crippen molar-refractivity contribution in [3.63, 3.8) is 0 Å². The molecule has 2 N–H and O–H groups in total. The summed E-state index contributed by atoms with van der Waals surface area (Å²) in [7, 11) is 0. The number of hydrogen-bond acceptors (Lipinski definition) is 3. The van der Waals surface area contributed by atoms with Crippen molar-refractivity contribution >= 4 is 47.2 Å². The molecule has 7 heteroatoms. The molecule has 0 spiro atoms. The van der Waals surface area contributed by atoms with Crippen molar-refractivity contribution in [3.8, 4) is 0 Å². The number of benzene rings is 1. The molecule has 2 heterocycles. The van der Waals surface area contributed by atoms with Gasteiger partial charge in [-0.25, -0.2) is 4.99 Å². The maximum absolute atomic E-state index is 11.8. The molecule has 5 nitrogen and oxygen atoms in total. The van der Waals surface area contributed by atoms with Crippen molar-refractivity contribution in [1.82, 2.24) is 15.5 Å². The van der Waals surface area contributed by atoms with Crippen LogP contribution >= 0.6 is 35.3 Å². The second-order valence-electron chi connectivity index (χ2n) is 7.01. The number of hydrogen-bond donors (Lipinski definition) is 2. The van der Waals surface area contributed by atoms with E-state index in [1.54, 1.807) is 0 Å². The van der Waals surface area contributed by atoms with Crippen molar-refractivity contribution in [3.05, 3.63) is 57.3 Å². The van der Waals surface area contributed by atoms with E-state index >= 15 is 0 Å². The Labute approximate surface area is 195 Å². The lowest BCUT2D eigenvalue weighted by molar-refractivity contribution is -0.128. The first-order chi connectivity index (χ1) is 13.7. The van der Waals surface area contributed by atoms with Crippen molar-refractivity contribution in [2.75, 3.05) is 13.1 Å². The van der Waals surface area contributed by atoms with E-state index < -0.39 is 0 Å². The van der Waals surface area contributed by atoms with Gasteiger partial charge in [0.2, 0.25) is 5.91 Å². The first-order valence-corrected chi connectivity index (χ1v) is 10.9. The molecule has 1 saturated heterocycles. The summed E-state index contributed by atoms with van der Waals surface area (Å²) in [6.07, 6.45) is 2.76. The molecule has 1 aliphatic heterocycles. The lowest BCUT2D eigenvalue weighted by atomic mass is 10.1. The van der Waals surface area contributed by atoms with Gasteiger partial charge >= 0.3 is 0 Å². The summed E-state index contributed by atoms with van der Waals surface area (Å²) in [5.41, 5.74) is 2.34. The van der Waals surface area contributed by atoms with Gasteiger partial charge < -0.3 is 15.5 Å². The Hall–Kier alpha value is -1.61. The smallest absolute Gasteiger partial charge is 0.222 e. The molecule has 0 radical (unpaired) electrons. The van der Waals surface area contributed by atoms with Gasteiger partial charge in [-0.1, -0.05) is 31.2 Å². The van der Waals surface area contributed by atoms with Gasteiger partial charge in [-0.05, 0) is 43.0 Å². The van der Waals surface area contributed by atoms with Crippen molar-refractivity contribution in [1.29, 1.82) is 0 Å². The molecular weight excluding hydrogens is 495 g/mol. The minimum absolute atomic E-state index is 0. The number of aryl methyl sites for hydroxylation is 1. The third-order valence-corrected chi connectivity index (χ3v) is 6.06. The van der Waals surface area contributed by atoms with E-state index in [9.17, 15) is 4.79 Å². The van der Waals surface area contributed by atoms with Crippen LogP contribution in [0.25, 0.3) is 0 Å². The lowest BCUT2D eigenvalue weighted by Crippen LogP contribution is -2.36. The highest BCUT2D eigenvalue weighted by atomic mass is 127. The quantitative estimate of drug-likeness (QED) is 0.306. The van der Waals surface area contributed by atoms with Gasteiger partial charge in [0.25, 0.3) is 0 Å². The maximum Gasteiger partial charge on any atom is 0.222 e. The summed E-state index contributed by atoms with van der Waals surface area (Å²) >= 11 is 1.85. The Bertz CT molecular complexity index is 803. The summed E-state index contributed by atoms with van der Waals surface area (Å²) in [6, 6.07) is 12.8. The number of guanidine groups is 1. The molecule has 0 atom stereocenters. The highest BCUT2D eigenvalue weighted by molar-refractivity contribution is 14.0. The number of carbonyl (C=O) groups is 1. The van der Waals surface area contributed by atoms with E-state index in [4.69, 9.17) is 4.99 Å². The predicted octanol–water partition coefficient (Wildman–Crippen LogP) is 4.31. The largest absolute Gasteiger partial charge is 0.357 e. The number of amides is 1. The van der Waals surface area contributed by atoms with E-state index in [1.807, 2.05) is 16.2 Å². The van der Waals surface area contributed by atoms with Gasteiger partial charge in [-0.3, -0.25) is 4.79 Å². The average Bonchev–Trinajstić information content (AvgIpc) is 3.34. The summed E-state index contributed by atoms with van der Waals surface area (Å²) in [4.78, 5) is 21.1. The highest BCUT2D eigenvalue weighted by Crippen LogP contribution is 2.17. The molecule has 29 heavy (non-hydrogen) atoms. The molecule has 0 aliphatic carbocycles. The summed E-state index contributed by atoms with van der Waals surface area (Å²) in [5, 5.41) is 6.72. The highest BCUT2D eigenvalue weighted by Gasteiger charge is 2.19. The van der Waals surface area contributed by atoms with Crippen LogP contribution in [0.4, 0.5) is 0 Å². The number of aliphatic imine (C=N–C) groups is 1. The topological polar surface area (TPSA) is 56.7 Å². The monoisotopic (exact) mass is 526 g/mol. The molecule has 2 aromatic rings. The molecule has 0 saturated carbocycles. The van der Waals surface area contributed by atoms with Gasteiger partial charge in [0.15, 0.2) is 5.96 Å². The van der Waals surface area contributed by atoms with Gasteiger partial charge in [0, 0.05) is 35.8 Å². The molecule has 3 rings (SSSR count). The van der Waals surface area contributed by atoms with Crippen LogP contribution in [0.1, 0.15) is 47.6 Å². The first kappa shape index (κ1) is 23.7. The van der Waals surface area contributed by atoms with Crippen LogP contribution in [-0.4, -0.2) is 29.9 Å². The lowest BCUT2D eigenvalue weighted by Gasteiger charge is -2.15. The third kappa shape index (κ3) is 7.29. The minimum atomic E-state index is 0. The molecule has 1 aromatic carbocycles. The number of carbonyl (C=O) groups excluding carboxylic acids is 1. The molecule has 1 aliphatic rings. The van der Waals surface area contributed by atoms with Crippen LogP contribution in [0.2, 0.25) is 0 Å². The van der Waals surface area contributed by atoms with Gasteiger partial charge in [-0.15, -0.1) is 35.3 Å². The zero-order valence-corrected chi connectivity index (χ0v) is 20.4.